The van der Waals surface area contributed by atoms with Crippen molar-refractivity contribution in [3.63, 3.8) is 0 Å². The zero-order chi connectivity index (χ0) is 22.7. The van der Waals surface area contributed by atoms with E-state index < -0.39 is 24.6 Å². The number of carbonyl (C=O) groups is 2. The second kappa shape index (κ2) is 9.28. The Hall–Kier alpha value is -2.94. The van der Waals surface area contributed by atoms with E-state index in [0.717, 1.165) is 49.0 Å². The molecule has 0 saturated carbocycles. The van der Waals surface area contributed by atoms with Gasteiger partial charge in [0.1, 0.15) is 11.9 Å². The summed E-state index contributed by atoms with van der Waals surface area (Å²) in [4.78, 5) is 32.1. The van der Waals surface area contributed by atoms with Crippen molar-refractivity contribution in [3.8, 4) is 5.88 Å². The Balaban J connectivity index is 1.63. The van der Waals surface area contributed by atoms with Gasteiger partial charge >= 0.3 is 6.18 Å². The van der Waals surface area contributed by atoms with Crippen molar-refractivity contribution in [1.82, 2.24) is 9.88 Å². The molecule has 4 rings (SSSR count). The largest absolute Gasteiger partial charge is 0.468 e. The summed E-state index contributed by atoms with van der Waals surface area (Å²) in [5.74, 6) is -0.0398. The van der Waals surface area contributed by atoms with Crippen LogP contribution in [-0.2, 0) is 22.7 Å². The molecule has 9 heteroatoms. The molecule has 0 N–H and O–H groups in total. The van der Waals surface area contributed by atoms with Gasteiger partial charge in [0.05, 0.1) is 0 Å². The first-order chi connectivity index (χ1) is 15.4. The predicted molar refractivity (Wildman–Crippen MR) is 111 cm³/mol. The molecule has 0 radical (unpaired) electrons. The Kier molecular flexibility index (Phi) is 6.45. The molecule has 1 atom stereocenters. The van der Waals surface area contributed by atoms with E-state index in [-0.39, 0.29) is 5.88 Å². The number of piperidine rings is 1. The monoisotopic (exact) mass is 447 g/mol. The van der Waals surface area contributed by atoms with Gasteiger partial charge in [-0.25, -0.2) is 0 Å². The summed E-state index contributed by atoms with van der Waals surface area (Å²) >= 11 is 0. The number of anilines is 1. The van der Waals surface area contributed by atoms with Crippen molar-refractivity contribution in [2.45, 2.75) is 44.6 Å². The molecule has 1 aromatic carbocycles. The fourth-order valence-corrected chi connectivity index (χ4v) is 4.41. The maximum atomic E-state index is 12.6. The van der Waals surface area contributed by atoms with Crippen LogP contribution in [0, 0.1) is 0 Å². The average Bonchev–Trinajstić information content (AvgIpc) is 3.15. The Labute approximate surface area is 184 Å². The number of ether oxygens (including phenoxy) is 1. The lowest BCUT2D eigenvalue weighted by Gasteiger charge is -2.31. The van der Waals surface area contributed by atoms with Crippen molar-refractivity contribution in [1.29, 1.82) is 0 Å². The molecule has 1 saturated heterocycles. The summed E-state index contributed by atoms with van der Waals surface area (Å²) in [6.45, 7) is 0.916. The van der Waals surface area contributed by atoms with Gasteiger partial charge in [-0.15, -0.1) is 0 Å². The molecule has 1 unspecified atom stereocenters. The minimum atomic E-state index is -4.45. The molecule has 32 heavy (non-hydrogen) atoms. The molecular formula is C23H24F3N3O3. The highest BCUT2D eigenvalue weighted by Gasteiger charge is 2.36. The highest BCUT2D eigenvalue weighted by Crippen LogP contribution is 2.37. The third-order valence-electron chi connectivity index (χ3n) is 5.82. The van der Waals surface area contributed by atoms with Crippen LogP contribution in [0.4, 0.5) is 19.0 Å². The normalized spacial score (nSPS) is 19.0. The molecule has 3 heterocycles. The summed E-state index contributed by atoms with van der Waals surface area (Å²) in [7, 11) is 0. The minimum absolute atomic E-state index is 0.0862. The van der Waals surface area contributed by atoms with Gasteiger partial charge in [0.15, 0.2) is 12.9 Å². The summed E-state index contributed by atoms with van der Waals surface area (Å²) in [5.41, 5.74) is 2.57. The molecule has 2 aliphatic rings. The van der Waals surface area contributed by atoms with E-state index in [0.29, 0.717) is 25.2 Å². The Morgan fingerprint density at radius 3 is 2.59 bits per heavy atom. The number of aldehydes is 1. The number of ketones is 1. The van der Waals surface area contributed by atoms with Crippen LogP contribution < -0.4 is 9.64 Å². The molecule has 170 valence electrons. The molecule has 0 bridgehead atoms. The second-order valence-electron chi connectivity index (χ2n) is 8.11. The molecule has 0 amide bonds. The van der Waals surface area contributed by atoms with E-state index in [1.54, 1.807) is 6.07 Å². The van der Waals surface area contributed by atoms with Gasteiger partial charge in [-0.2, -0.15) is 18.2 Å². The number of nitrogens with zero attached hydrogens (tertiary/aromatic N) is 3. The van der Waals surface area contributed by atoms with Crippen LogP contribution in [0.3, 0.4) is 0 Å². The average molecular weight is 447 g/mol. The number of fused-ring (bicyclic) bond motifs is 1. The van der Waals surface area contributed by atoms with Crippen LogP contribution in [0.15, 0.2) is 36.4 Å². The van der Waals surface area contributed by atoms with Gasteiger partial charge in [-0.1, -0.05) is 24.3 Å². The number of rotatable bonds is 7. The van der Waals surface area contributed by atoms with Crippen LogP contribution in [0.2, 0.25) is 0 Å². The van der Waals surface area contributed by atoms with E-state index in [1.807, 2.05) is 29.2 Å². The molecule has 6 nitrogen and oxygen atoms in total. The minimum Gasteiger partial charge on any atom is -0.468 e. The topological polar surface area (TPSA) is 62.7 Å². The predicted octanol–water partition coefficient (Wildman–Crippen LogP) is 3.84. The first-order valence-electron chi connectivity index (χ1n) is 10.6. The number of hydrogen-bond acceptors (Lipinski definition) is 6. The van der Waals surface area contributed by atoms with Gasteiger partial charge in [0.2, 0.25) is 11.7 Å². The van der Waals surface area contributed by atoms with E-state index in [9.17, 15) is 22.8 Å². The number of hydrogen-bond donors (Lipinski definition) is 0. The maximum absolute atomic E-state index is 12.6. The third-order valence-corrected chi connectivity index (χ3v) is 5.82. The first kappa shape index (κ1) is 22.3. The number of benzene rings is 1. The van der Waals surface area contributed by atoms with Crippen LogP contribution in [0.5, 0.6) is 5.88 Å². The lowest BCUT2D eigenvalue weighted by atomic mass is 10.0. The summed E-state index contributed by atoms with van der Waals surface area (Å²) in [5, 5.41) is 0. The van der Waals surface area contributed by atoms with E-state index in [1.165, 1.54) is 6.07 Å². The van der Waals surface area contributed by atoms with Crippen LogP contribution >= 0.6 is 0 Å². The maximum Gasteiger partial charge on any atom is 0.422 e. The number of Topliss-reactive ketones (excluding diaryl/α,β-unsaturated/α-hetero) is 1. The fourth-order valence-electron chi connectivity index (χ4n) is 4.41. The van der Waals surface area contributed by atoms with Gasteiger partial charge in [-0.05, 0) is 36.5 Å². The molecule has 0 aliphatic carbocycles. The molecule has 2 aromatic rings. The molecule has 1 aromatic heterocycles. The number of aromatic nitrogens is 1. The van der Waals surface area contributed by atoms with E-state index in [2.05, 4.69) is 9.88 Å². The standard InChI is InChI=1S/C23H24F3N3O3/c24-23(25,26)15-32-20-9-8-17(22(27-20)28-10-4-1-5-11-28)13-29-12-16-6-2-3-7-18(16)21(29)19(31)14-30/h2-3,6-9,14,21H,1,4-5,10-13,15H2. The van der Waals surface area contributed by atoms with Crippen molar-refractivity contribution in [2.24, 2.45) is 0 Å². The zero-order valence-corrected chi connectivity index (χ0v) is 17.5. The van der Waals surface area contributed by atoms with Crippen molar-refractivity contribution in [2.75, 3.05) is 24.6 Å². The van der Waals surface area contributed by atoms with Gasteiger partial charge in [-0.3, -0.25) is 14.5 Å². The Bertz CT molecular complexity index is 990. The summed E-state index contributed by atoms with van der Waals surface area (Å²) in [6.07, 6.45) is -1.08. The van der Waals surface area contributed by atoms with Crippen LogP contribution in [-0.4, -0.2) is 47.8 Å². The van der Waals surface area contributed by atoms with Crippen molar-refractivity contribution in [3.05, 3.63) is 53.1 Å². The first-order valence-corrected chi connectivity index (χ1v) is 10.6. The third kappa shape index (κ3) is 4.93. The Morgan fingerprint density at radius 2 is 1.88 bits per heavy atom. The lowest BCUT2D eigenvalue weighted by molar-refractivity contribution is -0.154. The molecule has 2 aliphatic heterocycles. The highest BCUT2D eigenvalue weighted by molar-refractivity contribution is 6.27. The zero-order valence-electron chi connectivity index (χ0n) is 17.5. The van der Waals surface area contributed by atoms with E-state index >= 15 is 0 Å². The fraction of sp³-hybridized carbons (Fsp3) is 0.435. The van der Waals surface area contributed by atoms with Gasteiger partial charge < -0.3 is 9.64 Å². The lowest BCUT2D eigenvalue weighted by Crippen LogP contribution is -2.33. The SMILES string of the molecule is O=CC(=O)C1c2ccccc2CN1Cc1ccc(OCC(F)(F)F)nc1N1CCCCC1. The van der Waals surface area contributed by atoms with Crippen LogP contribution in [0.1, 0.15) is 42.0 Å². The quantitative estimate of drug-likeness (QED) is 0.475. The summed E-state index contributed by atoms with van der Waals surface area (Å²) < 4.78 is 42.7. The highest BCUT2D eigenvalue weighted by atomic mass is 19.4. The smallest absolute Gasteiger partial charge is 0.422 e. The molecule has 0 spiro atoms. The number of alkyl halides is 3. The second-order valence-corrected chi connectivity index (χ2v) is 8.11. The Morgan fingerprint density at radius 1 is 1.12 bits per heavy atom. The van der Waals surface area contributed by atoms with Crippen molar-refractivity contribution >= 4 is 17.9 Å². The molecular weight excluding hydrogens is 423 g/mol. The number of halogens is 3. The van der Waals surface area contributed by atoms with Crippen LogP contribution in [0.25, 0.3) is 0 Å². The number of carbonyl (C=O) groups excluding carboxylic acids is 2. The molecule has 1 fully saturated rings. The van der Waals surface area contributed by atoms with Crippen molar-refractivity contribution < 1.29 is 27.5 Å². The van der Waals surface area contributed by atoms with Gasteiger partial charge in [0.25, 0.3) is 0 Å². The van der Waals surface area contributed by atoms with Gasteiger partial charge in [0, 0.05) is 37.8 Å². The number of pyridine rings is 1. The van der Waals surface area contributed by atoms with E-state index in [4.69, 9.17) is 4.74 Å². The summed E-state index contributed by atoms with van der Waals surface area (Å²) in [6, 6.07) is 9.94.